The van der Waals surface area contributed by atoms with E-state index in [9.17, 15) is 0 Å². The van der Waals surface area contributed by atoms with Crippen molar-refractivity contribution in [3.05, 3.63) is 71.4 Å². The van der Waals surface area contributed by atoms with Gasteiger partial charge in [0.2, 0.25) is 0 Å². The SMILES string of the molecule is CCCCSc1ccc2[nH]c3c(c2c1)CC(C1CC(c2ccccc2)=CCN1)CC3C. The summed E-state index contributed by atoms with van der Waals surface area (Å²) in [6.45, 7) is 5.66. The Hall–Kier alpha value is -1.97. The van der Waals surface area contributed by atoms with E-state index in [-0.39, 0.29) is 0 Å². The van der Waals surface area contributed by atoms with E-state index in [2.05, 4.69) is 78.8 Å². The molecule has 0 saturated carbocycles. The topological polar surface area (TPSA) is 27.8 Å². The van der Waals surface area contributed by atoms with Crippen molar-refractivity contribution in [2.75, 3.05) is 12.3 Å². The minimum absolute atomic E-state index is 0.558. The van der Waals surface area contributed by atoms with Crippen LogP contribution in [-0.4, -0.2) is 23.3 Å². The van der Waals surface area contributed by atoms with Gasteiger partial charge in [0, 0.05) is 34.1 Å². The monoisotopic (exact) mass is 430 g/mol. The van der Waals surface area contributed by atoms with Crippen LogP contribution >= 0.6 is 11.8 Å². The van der Waals surface area contributed by atoms with Gasteiger partial charge < -0.3 is 10.3 Å². The molecule has 2 aromatic carbocycles. The lowest BCUT2D eigenvalue weighted by molar-refractivity contribution is 0.306. The summed E-state index contributed by atoms with van der Waals surface area (Å²) in [7, 11) is 0. The summed E-state index contributed by atoms with van der Waals surface area (Å²) in [5.41, 5.74) is 7.28. The molecule has 3 aromatic rings. The van der Waals surface area contributed by atoms with Gasteiger partial charge >= 0.3 is 0 Å². The summed E-state index contributed by atoms with van der Waals surface area (Å²) in [6.07, 6.45) is 8.52. The lowest BCUT2D eigenvalue weighted by Gasteiger charge is -2.36. The molecular formula is C28H34N2S. The van der Waals surface area contributed by atoms with Gasteiger partial charge in [-0.2, -0.15) is 0 Å². The van der Waals surface area contributed by atoms with E-state index in [0.29, 0.717) is 17.9 Å². The Kier molecular flexibility index (Phi) is 6.24. The molecule has 1 aromatic heterocycles. The van der Waals surface area contributed by atoms with Gasteiger partial charge in [-0.15, -0.1) is 11.8 Å². The van der Waals surface area contributed by atoms with Crippen molar-refractivity contribution in [2.24, 2.45) is 5.92 Å². The number of benzene rings is 2. The number of rotatable bonds is 6. The smallest absolute Gasteiger partial charge is 0.0459 e. The van der Waals surface area contributed by atoms with Crippen LogP contribution in [0.3, 0.4) is 0 Å². The number of H-pyrrole nitrogens is 1. The van der Waals surface area contributed by atoms with Gasteiger partial charge in [0.15, 0.2) is 0 Å². The third-order valence-electron chi connectivity index (χ3n) is 7.17. The molecular weight excluding hydrogens is 396 g/mol. The maximum atomic E-state index is 3.84. The molecule has 0 amide bonds. The van der Waals surface area contributed by atoms with Gasteiger partial charge in [-0.1, -0.05) is 56.7 Å². The summed E-state index contributed by atoms with van der Waals surface area (Å²) >= 11 is 2.01. The van der Waals surface area contributed by atoms with Gasteiger partial charge in [0.05, 0.1) is 0 Å². The van der Waals surface area contributed by atoms with Crippen molar-refractivity contribution in [3.8, 4) is 0 Å². The van der Waals surface area contributed by atoms with E-state index in [4.69, 9.17) is 0 Å². The van der Waals surface area contributed by atoms with Gasteiger partial charge in [0.1, 0.15) is 0 Å². The quantitative estimate of drug-likeness (QED) is 0.320. The second-order valence-corrected chi connectivity index (χ2v) is 10.5. The summed E-state index contributed by atoms with van der Waals surface area (Å²) in [5.74, 6) is 2.49. The number of thioether (sulfide) groups is 1. The van der Waals surface area contributed by atoms with E-state index in [0.717, 1.165) is 13.0 Å². The molecule has 3 atom stereocenters. The van der Waals surface area contributed by atoms with Gasteiger partial charge in [-0.05, 0) is 78.2 Å². The Balaban J connectivity index is 1.38. The molecule has 162 valence electrons. The molecule has 0 saturated heterocycles. The van der Waals surface area contributed by atoms with Crippen LogP contribution in [0.25, 0.3) is 16.5 Å². The minimum Gasteiger partial charge on any atom is -0.358 e. The third kappa shape index (κ3) is 4.36. The fourth-order valence-corrected chi connectivity index (χ4v) is 6.52. The number of unbranched alkanes of at least 4 members (excludes halogenated alkanes) is 1. The molecule has 3 heteroatoms. The largest absolute Gasteiger partial charge is 0.358 e. The molecule has 3 unspecified atom stereocenters. The summed E-state index contributed by atoms with van der Waals surface area (Å²) in [5, 5.41) is 5.30. The Bertz CT molecular complexity index is 1070. The van der Waals surface area contributed by atoms with Gasteiger partial charge in [-0.3, -0.25) is 0 Å². The number of hydrogen-bond donors (Lipinski definition) is 2. The second kappa shape index (κ2) is 9.26. The number of fused-ring (bicyclic) bond motifs is 3. The van der Waals surface area contributed by atoms with E-state index in [1.165, 1.54) is 64.1 Å². The number of aromatic amines is 1. The molecule has 0 spiro atoms. The molecule has 5 rings (SSSR count). The average molecular weight is 431 g/mol. The lowest BCUT2D eigenvalue weighted by atomic mass is 9.74. The Morgan fingerprint density at radius 2 is 1.94 bits per heavy atom. The van der Waals surface area contributed by atoms with Crippen molar-refractivity contribution in [2.45, 2.75) is 62.8 Å². The summed E-state index contributed by atoms with van der Waals surface area (Å²) < 4.78 is 0. The van der Waals surface area contributed by atoms with E-state index < -0.39 is 0 Å². The van der Waals surface area contributed by atoms with Crippen LogP contribution in [0.1, 0.15) is 62.3 Å². The molecule has 0 bridgehead atoms. The first-order valence-corrected chi connectivity index (χ1v) is 13.0. The zero-order chi connectivity index (χ0) is 21.2. The zero-order valence-corrected chi connectivity index (χ0v) is 19.6. The van der Waals surface area contributed by atoms with Crippen molar-refractivity contribution < 1.29 is 0 Å². The van der Waals surface area contributed by atoms with Gasteiger partial charge in [0.25, 0.3) is 0 Å². The molecule has 31 heavy (non-hydrogen) atoms. The lowest BCUT2D eigenvalue weighted by Crippen LogP contribution is -2.41. The highest BCUT2D eigenvalue weighted by Crippen LogP contribution is 2.42. The molecule has 2 nitrogen and oxygen atoms in total. The Labute approximate surface area is 190 Å². The fraction of sp³-hybridized carbons (Fsp3) is 0.429. The standard InChI is InChI=1S/C28H34N2S/c1-3-4-14-31-23-10-11-26-24(18-23)25-16-22(15-19(2)28(25)30-26)27-17-21(12-13-29-27)20-8-6-5-7-9-20/h5-12,18-19,22,27,29-30H,3-4,13-17H2,1-2H3. The third-order valence-corrected chi connectivity index (χ3v) is 8.25. The fourth-order valence-electron chi connectivity index (χ4n) is 5.48. The van der Waals surface area contributed by atoms with E-state index in [1.807, 2.05) is 11.8 Å². The number of nitrogens with one attached hydrogen (secondary N) is 2. The molecule has 2 aliphatic rings. The van der Waals surface area contributed by atoms with Crippen LogP contribution in [0.4, 0.5) is 0 Å². The Morgan fingerprint density at radius 3 is 2.77 bits per heavy atom. The first-order valence-electron chi connectivity index (χ1n) is 12.0. The second-order valence-electron chi connectivity index (χ2n) is 9.34. The molecule has 0 radical (unpaired) electrons. The minimum atomic E-state index is 0.558. The van der Waals surface area contributed by atoms with Crippen molar-refractivity contribution >= 4 is 28.2 Å². The van der Waals surface area contributed by atoms with Crippen LogP contribution in [-0.2, 0) is 6.42 Å². The molecule has 2 heterocycles. The maximum Gasteiger partial charge on any atom is 0.0459 e. The van der Waals surface area contributed by atoms with Crippen LogP contribution in [0.15, 0.2) is 59.5 Å². The number of aromatic nitrogens is 1. The van der Waals surface area contributed by atoms with E-state index >= 15 is 0 Å². The molecule has 1 aliphatic heterocycles. The molecule has 0 fully saturated rings. The van der Waals surface area contributed by atoms with Crippen molar-refractivity contribution in [1.29, 1.82) is 0 Å². The predicted molar refractivity (Wildman–Crippen MR) is 135 cm³/mol. The normalized spacial score (nSPS) is 23.5. The van der Waals surface area contributed by atoms with Crippen molar-refractivity contribution in [1.82, 2.24) is 10.3 Å². The van der Waals surface area contributed by atoms with Crippen LogP contribution in [0.5, 0.6) is 0 Å². The highest BCUT2D eigenvalue weighted by atomic mass is 32.2. The van der Waals surface area contributed by atoms with Gasteiger partial charge in [-0.25, -0.2) is 0 Å². The van der Waals surface area contributed by atoms with E-state index in [1.54, 1.807) is 5.56 Å². The summed E-state index contributed by atoms with van der Waals surface area (Å²) in [6, 6.07) is 18.5. The first kappa shape index (κ1) is 20.9. The summed E-state index contributed by atoms with van der Waals surface area (Å²) in [4.78, 5) is 5.20. The molecule has 2 N–H and O–H groups in total. The van der Waals surface area contributed by atoms with Crippen molar-refractivity contribution in [3.63, 3.8) is 0 Å². The average Bonchev–Trinajstić information content (AvgIpc) is 3.19. The zero-order valence-electron chi connectivity index (χ0n) is 18.8. The maximum absolute atomic E-state index is 3.84. The number of hydrogen-bond acceptors (Lipinski definition) is 2. The highest BCUT2D eigenvalue weighted by molar-refractivity contribution is 7.99. The van der Waals surface area contributed by atoms with Crippen LogP contribution in [0, 0.1) is 5.92 Å². The van der Waals surface area contributed by atoms with Crippen LogP contribution < -0.4 is 5.32 Å². The predicted octanol–water partition coefficient (Wildman–Crippen LogP) is 7.17. The van der Waals surface area contributed by atoms with Crippen LogP contribution in [0.2, 0.25) is 0 Å². The molecule has 1 aliphatic carbocycles. The first-order chi connectivity index (χ1) is 15.2. The Morgan fingerprint density at radius 1 is 1.06 bits per heavy atom. The highest BCUT2D eigenvalue weighted by Gasteiger charge is 2.33.